The second-order valence-corrected chi connectivity index (χ2v) is 7.50. The first-order valence-corrected chi connectivity index (χ1v) is 9.85. The van der Waals surface area contributed by atoms with E-state index >= 15 is 0 Å². The Morgan fingerprint density at radius 2 is 2.08 bits per heavy atom. The van der Waals surface area contributed by atoms with Gasteiger partial charge < -0.3 is 15.4 Å². The molecule has 1 heterocycles. The Morgan fingerprint density at radius 1 is 1.36 bits per heavy atom. The molecule has 25 heavy (non-hydrogen) atoms. The van der Waals surface area contributed by atoms with Crippen molar-refractivity contribution >= 4 is 17.7 Å². The number of nitrogens with one attached hydrogen (secondary N) is 2. The lowest BCUT2D eigenvalue weighted by Crippen LogP contribution is -2.41. The molecule has 1 unspecified atom stereocenters. The molecule has 2 rings (SSSR count). The molecule has 1 fully saturated rings. The van der Waals surface area contributed by atoms with Gasteiger partial charge in [0.1, 0.15) is 11.6 Å². The summed E-state index contributed by atoms with van der Waals surface area (Å²) in [6, 6.07) is 3.32. The number of halogens is 2. The highest BCUT2D eigenvalue weighted by Gasteiger charge is 2.31. The van der Waals surface area contributed by atoms with Crippen LogP contribution in [0.1, 0.15) is 38.3 Å². The van der Waals surface area contributed by atoms with Crippen LogP contribution in [0.5, 0.6) is 0 Å². The van der Waals surface area contributed by atoms with Crippen LogP contribution in [0.25, 0.3) is 0 Å². The second kappa shape index (κ2) is 9.38. The van der Waals surface area contributed by atoms with E-state index in [1.165, 1.54) is 12.1 Å². The third-order valence-corrected chi connectivity index (χ3v) is 5.89. The Bertz CT molecular complexity index is 592. The average molecular weight is 371 g/mol. The first-order valence-electron chi connectivity index (χ1n) is 8.62. The summed E-state index contributed by atoms with van der Waals surface area (Å²) in [5.41, 5.74) is 0.414. The van der Waals surface area contributed by atoms with Crippen LogP contribution in [0, 0.1) is 11.6 Å². The summed E-state index contributed by atoms with van der Waals surface area (Å²) >= 11 is 1.83. The van der Waals surface area contributed by atoms with Gasteiger partial charge in [0.15, 0.2) is 5.96 Å². The average Bonchev–Trinajstić information content (AvgIpc) is 2.60. The molecule has 1 saturated heterocycles. The summed E-state index contributed by atoms with van der Waals surface area (Å²) < 4.78 is 32.6. The number of guanidine groups is 1. The maximum atomic E-state index is 14.0. The van der Waals surface area contributed by atoms with Crippen molar-refractivity contribution in [2.45, 2.75) is 37.5 Å². The summed E-state index contributed by atoms with van der Waals surface area (Å²) in [7, 11) is 0. The lowest BCUT2D eigenvalue weighted by atomic mass is 9.99. The Morgan fingerprint density at radius 3 is 2.68 bits per heavy atom. The van der Waals surface area contributed by atoms with Gasteiger partial charge in [-0.3, -0.25) is 4.99 Å². The number of nitrogens with zero attached hydrogens (tertiary/aromatic N) is 1. The maximum Gasteiger partial charge on any atom is 0.191 e. The number of hydrogen-bond acceptors (Lipinski definition) is 3. The summed E-state index contributed by atoms with van der Waals surface area (Å²) in [4.78, 5) is 4.71. The van der Waals surface area contributed by atoms with Gasteiger partial charge in [-0.2, -0.15) is 11.8 Å². The lowest BCUT2D eigenvalue weighted by Gasteiger charge is -2.34. The normalized spacial score (nSPS) is 18.7. The largest absolute Gasteiger partial charge is 0.381 e. The maximum absolute atomic E-state index is 14.0. The van der Waals surface area contributed by atoms with E-state index < -0.39 is 11.6 Å². The SMILES string of the molecule is CCNC(=NCC1(SC)CCOCC1)NC(C)c1ccc(F)cc1F. The van der Waals surface area contributed by atoms with Crippen LogP contribution in [0.4, 0.5) is 8.78 Å². The molecule has 0 saturated carbocycles. The van der Waals surface area contributed by atoms with E-state index in [1.54, 1.807) is 0 Å². The van der Waals surface area contributed by atoms with E-state index in [9.17, 15) is 8.78 Å². The second-order valence-electron chi connectivity index (χ2n) is 6.23. The van der Waals surface area contributed by atoms with Gasteiger partial charge in [0.25, 0.3) is 0 Å². The summed E-state index contributed by atoms with van der Waals surface area (Å²) in [5, 5.41) is 6.41. The van der Waals surface area contributed by atoms with E-state index in [-0.39, 0.29) is 10.8 Å². The van der Waals surface area contributed by atoms with Gasteiger partial charge in [0.2, 0.25) is 0 Å². The van der Waals surface area contributed by atoms with Crippen LogP contribution < -0.4 is 10.6 Å². The molecule has 1 aromatic carbocycles. The molecule has 7 heteroatoms. The molecule has 1 aliphatic heterocycles. The van der Waals surface area contributed by atoms with Crippen molar-refractivity contribution < 1.29 is 13.5 Å². The van der Waals surface area contributed by atoms with Crippen LogP contribution in [-0.2, 0) is 4.74 Å². The van der Waals surface area contributed by atoms with Crippen LogP contribution in [-0.4, -0.2) is 43.3 Å². The van der Waals surface area contributed by atoms with Crippen molar-refractivity contribution in [3.63, 3.8) is 0 Å². The van der Waals surface area contributed by atoms with Gasteiger partial charge in [-0.15, -0.1) is 0 Å². The Kier molecular flexibility index (Phi) is 7.50. The highest BCUT2D eigenvalue weighted by molar-refractivity contribution is 8.00. The molecule has 0 bridgehead atoms. The molecule has 0 aromatic heterocycles. The van der Waals surface area contributed by atoms with Crippen LogP contribution in [0.2, 0.25) is 0 Å². The lowest BCUT2D eigenvalue weighted by molar-refractivity contribution is 0.0794. The topological polar surface area (TPSA) is 45.7 Å². The molecule has 0 amide bonds. The van der Waals surface area contributed by atoms with Crippen molar-refractivity contribution in [1.82, 2.24) is 10.6 Å². The van der Waals surface area contributed by atoms with E-state index in [1.807, 2.05) is 25.6 Å². The van der Waals surface area contributed by atoms with E-state index in [2.05, 4.69) is 16.9 Å². The molecule has 4 nitrogen and oxygen atoms in total. The van der Waals surface area contributed by atoms with Crippen molar-refractivity contribution in [1.29, 1.82) is 0 Å². The third-order valence-electron chi connectivity index (χ3n) is 4.49. The van der Waals surface area contributed by atoms with Crippen LogP contribution in [0.15, 0.2) is 23.2 Å². The van der Waals surface area contributed by atoms with Gasteiger partial charge in [-0.05, 0) is 39.0 Å². The third kappa shape index (κ3) is 5.57. The highest BCUT2D eigenvalue weighted by atomic mass is 32.2. The zero-order valence-electron chi connectivity index (χ0n) is 15.1. The molecule has 2 N–H and O–H groups in total. The summed E-state index contributed by atoms with van der Waals surface area (Å²) in [5.74, 6) is -0.491. The number of ether oxygens (including phenoxy) is 1. The fraction of sp³-hybridized carbons (Fsp3) is 0.611. The molecule has 1 atom stereocenters. The van der Waals surface area contributed by atoms with Gasteiger partial charge in [0.05, 0.1) is 12.6 Å². The standard InChI is InChI=1S/C18H27F2N3OS/c1-4-21-17(22-12-18(25-3)7-9-24-10-8-18)23-13(2)15-6-5-14(19)11-16(15)20/h5-6,11,13H,4,7-10,12H2,1-3H3,(H2,21,22,23). The number of hydrogen-bond donors (Lipinski definition) is 2. The highest BCUT2D eigenvalue weighted by Crippen LogP contribution is 2.34. The molecule has 1 aliphatic rings. The molecule has 0 spiro atoms. The zero-order chi connectivity index (χ0) is 18.3. The van der Waals surface area contributed by atoms with Gasteiger partial charge in [-0.1, -0.05) is 6.07 Å². The van der Waals surface area contributed by atoms with Gasteiger partial charge in [0, 0.05) is 36.1 Å². The minimum Gasteiger partial charge on any atom is -0.381 e. The number of thioether (sulfide) groups is 1. The summed E-state index contributed by atoms with van der Waals surface area (Å²) in [6.07, 6.45) is 4.05. The van der Waals surface area contributed by atoms with Crippen molar-refractivity contribution in [3.05, 3.63) is 35.4 Å². The quantitative estimate of drug-likeness (QED) is 0.594. The molecular weight excluding hydrogens is 344 g/mol. The number of rotatable bonds is 6. The smallest absolute Gasteiger partial charge is 0.191 e. The first kappa shape index (κ1) is 20.0. The van der Waals surface area contributed by atoms with Crippen molar-refractivity contribution in [2.24, 2.45) is 4.99 Å². The predicted octanol–water partition coefficient (Wildman–Crippen LogP) is 3.49. The zero-order valence-corrected chi connectivity index (χ0v) is 15.9. The predicted molar refractivity (Wildman–Crippen MR) is 100 cm³/mol. The monoisotopic (exact) mass is 371 g/mol. The Labute approximate surface area is 152 Å². The Balaban J connectivity index is 2.08. The minimum atomic E-state index is -0.574. The van der Waals surface area contributed by atoms with Crippen molar-refractivity contribution in [2.75, 3.05) is 32.6 Å². The fourth-order valence-electron chi connectivity index (χ4n) is 2.85. The van der Waals surface area contributed by atoms with Gasteiger partial charge in [-0.25, -0.2) is 8.78 Å². The molecular formula is C18H27F2N3OS. The van der Waals surface area contributed by atoms with Crippen molar-refractivity contribution in [3.8, 4) is 0 Å². The first-order chi connectivity index (χ1) is 12.0. The summed E-state index contributed by atoms with van der Waals surface area (Å²) in [6.45, 7) is 6.72. The molecule has 1 aromatic rings. The molecule has 0 aliphatic carbocycles. The van der Waals surface area contributed by atoms with Crippen LogP contribution >= 0.6 is 11.8 Å². The number of aliphatic imine (C=N–C) groups is 1. The Hall–Kier alpha value is -1.34. The van der Waals surface area contributed by atoms with Gasteiger partial charge >= 0.3 is 0 Å². The van der Waals surface area contributed by atoms with Crippen LogP contribution in [0.3, 0.4) is 0 Å². The fourth-order valence-corrected chi connectivity index (χ4v) is 3.62. The van der Waals surface area contributed by atoms with E-state index in [0.717, 1.165) is 32.1 Å². The van der Waals surface area contributed by atoms with E-state index in [0.29, 0.717) is 24.6 Å². The molecule has 0 radical (unpaired) electrons. The number of benzene rings is 1. The van der Waals surface area contributed by atoms with E-state index in [4.69, 9.17) is 9.73 Å². The minimum absolute atomic E-state index is 0.0883. The molecule has 140 valence electrons.